The molecule has 0 bridgehead atoms. The fourth-order valence-corrected chi connectivity index (χ4v) is 1.37. The van der Waals surface area contributed by atoms with Crippen LogP contribution in [0.5, 0.6) is 5.75 Å². The number of allylic oxidation sites excluding steroid dienone is 1. The van der Waals surface area contributed by atoms with Crippen molar-refractivity contribution in [3.05, 3.63) is 34.9 Å². The number of rotatable bonds is 4. The molecular weight excluding hydrogens is 212 g/mol. The summed E-state index contributed by atoms with van der Waals surface area (Å²) in [6, 6.07) is 9.41. The number of nitriles is 2. The first kappa shape index (κ1) is 12.8. The van der Waals surface area contributed by atoms with E-state index in [-0.39, 0.29) is 5.57 Å². The molecule has 0 aromatic heterocycles. The highest BCUT2D eigenvalue weighted by Crippen LogP contribution is 2.22. The molecule has 0 heterocycles. The molecule has 3 heteroatoms. The Morgan fingerprint density at radius 3 is 2.65 bits per heavy atom. The molecule has 0 amide bonds. The van der Waals surface area contributed by atoms with Crippen molar-refractivity contribution in [3.63, 3.8) is 0 Å². The average molecular weight is 226 g/mol. The van der Waals surface area contributed by atoms with Gasteiger partial charge in [-0.05, 0) is 31.6 Å². The minimum atomic E-state index is 0.0805. The fourth-order valence-electron chi connectivity index (χ4n) is 1.37. The van der Waals surface area contributed by atoms with E-state index < -0.39 is 0 Å². The summed E-state index contributed by atoms with van der Waals surface area (Å²) in [5, 5.41) is 17.5. The minimum absolute atomic E-state index is 0.0805. The van der Waals surface area contributed by atoms with Crippen LogP contribution in [0.15, 0.2) is 23.8 Å². The first-order valence-corrected chi connectivity index (χ1v) is 5.46. The number of aryl methyl sites for hydroxylation is 1. The van der Waals surface area contributed by atoms with Crippen molar-refractivity contribution < 1.29 is 4.74 Å². The van der Waals surface area contributed by atoms with E-state index >= 15 is 0 Å². The van der Waals surface area contributed by atoms with Crippen LogP contribution in [-0.4, -0.2) is 6.61 Å². The van der Waals surface area contributed by atoms with Gasteiger partial charge in [0, 0.05) is 5.56 Å². The van der Waals surface area contributed by atoms with Crippen molar-refractivity contribution in [1.29, 1.82) is 10.5 Å². The summed E-state index contributed by atoms with van der Waals surface area (Å²) in [5.41, 5.74) is 1.92. The summed E-state index contributed by atoms with van der Waals surface area (Å²) in [6.07, 6.45) is 2.47. The number of nitrogens with zero attached hydrogens (tertiary/aromatic N) is 2. The predicted molar refractivity (Wildman–Crippen MR) is 66.2 cm³/mol. The molecule has 17 heavy (non-hydrogen) atoms. The van der Waals surface area contributed by atoms with Crippen molar-refractivity contribution in [2.24, 2.45) is 0 Å². The number of ether oxygens (including phenoxy) is 1. The summed E-state index contributed by atoms with van der Waals surface area (Å²) in [5.74, 6) is 0.709. The third kappa shape index (κ3) is 3.66. The molecule has 1 aromatic rings. The van der Waals surface area contributed by atoms with Gasteiger partial charge in [0.15, 0.2) is 0 Å². The van der Waals surface area contributed by atoms with Crippen molar-refractivity contribution in [2.75, 3.05) is 6.61 Å². The zero-order valence-corrected chi connectivity index (χ0v) is 10.0. The van der Waals surface area contributed by atoms with Gasteiger partial charge in [-0.1, -0.05) is 18.6 Å². The van der Waals surface area contributed by atoms with Crippen LogP contribution in [0.3, 0.4) is 0 Å². The molecule has 0 fully saturated rings. The molecule has 0 aliphatic carbocycles. The Bertz CT molecular complexity index is 488. The van der Waals surface area contributed by atoms with Crippen molar-refractivity contribution in [3.8, 4) is 17.9 Å². The summed E-state index contributed by atoms with van der Waals surface area (Å²) in [6.45, 7) is 4.61. The number of benzene rings is 1. The molecule has 0 atom stereocenters. The Labute approximate surface area is 102 Å². The quantitative estimate of drug-likeness (QED) is 0.740. The largest absolute Gasteiger partial charge is 0.493 e. The topological polar surface area (TPSA) is 56.8 Å². The molecule has 3 nitrogen and oxygen atoms in total. The van der Waals surface area contributed by atoms with Crippen LogP contribution in [0, 0.1) is 29.6 Å². The molecule has 0 radical (unpaired) electrons. The normalized spacial score (nSPS) is 8.94. The lowest BCUT2D eigenvalue weighted by molar-refractivity contribution is 0.316. The van der Waals surface area contributed by atoms with Crippen LogP contribution in [0.4, 0.5) is 0 Å². The Balaban J connectivity index is 3.12. The Morgan fingerprint density at radius 1 is 1.35 bits per heavy atom. The molecule has 0 unspecified atom stereocenters. The van der Waals surface area contributed by atoms with Crippen LogP contribution in [0.2, 0.25) is 0 Å². The maximum absolute atomic E-state index is 8.74. The van der Waals surface area contributed by atoms with E-state index in [1.54, 1.807) is 6.08 Å². The lowest BCUT2D eigenvalue weighted by Gasteiger charge is -2.08. The molecule has 0 spiro atoms. The Hall–Kier alpha value is -2.26. The van der Waals surface area contributed by atoms with E-state index in [0.717, 1.165) is 17.5 Å². The van der Waals surface area contributed by atoms with Gasteiger partial charge in [-0.15, -0.1) is 0 Å². The summed E-state index contributed by atoms with van der Waals surface area (Å²) in [7, 11) is 0. The van der Waals surface area contributed by atoms with Crippen LogP contribution >= 0.6 is 0 Å². The summed E-state index contributed by atoms with van der Waals surface area (Å²) >= 11 is 0. The average Bonchev–Trinajstić information content (AvgIpc) is 2.35. The maximum atomic E-state index is 8.74. The van der Waals surface area contributed by atoms with Crippen molar-refractivity contribution in [1.82, 2.24) is 0 Å². The van der Waals surface area contributed by atoms with Crippen LogP contribution in [0.1, 0.15) is 24.5 Å². The van der Waals surface area contributed by atoms with Gasteiger partial charge in [0.2, 0.25) is 0 Å². The zero-order valence-electron chi connectivity index (χ0n) is 10.0. The van der Waals surface area contributed by atoms with Gasteiger partial charge in [-0.3, -0.25) is 0 Å². The Kier molecular flexibility index (Phi) is 4.78. The van der Waals surface area contributed by atoms with E-state index in [1.807, 2.05) is 44.2 Å². The van der Waals surface area contributed by atoms with Gasteiger partial charge in [0.25, 0.3) is 0 Å². The monoisotopic (exact) mass is 226 g/mol. The summed E-state index contributed by atoms with van der Waals surface area (Å²) < 4.78 is 5.57. The van der Waals surface area contributed by atoms with Crippen LogP contribution in [0.25, 0.3) is 6.08 Å². The first-order chi connectivity index (χ1) is 8.21. The van der Waals surface area contributed by atoms with Gasteiger partial charge in [-0.25, -0.2) is 0 Å². The maximum Gasteiger partial charge on any atom is 0.130 e. The van der Waals surface area contributed by atoms with Gasteiger partial charge in [0.05, 0.1) is 6.61 Å². The van der Waals surface area contributed by atoms with Crippen LogP contribution in [-0.2, 0) is 0 Å². The SMILES string of the molecule is CCCOc1ccc(C)cc1C=C(C#N)C#N. The third-order valence-corrected chi connectivity index (χ3v) is 2.17. The lowest BCUT2D eigenvalue weighted by atomic mass is 10.1. The number of hydrogen-bond acceptors (Lipinski definition) is 3. The summed E-state index contributed by atoms with van der Waals surface area (Å²) in [4.78, 5) is 0. The highest BCUT2D eigenvalue weighted by molar-refractivity contribution is 5.66. The second-order valence-corrected chi connectivity index (χ2v) is 3.67. The fraction of sp³-hybridized carbons (Fsp3) is 0.286. The molecule has 0 aliphatic heterocycles. The molecule has 0 saturated carbocycles. The molecule has 0 aliphatic rings. The van der Waals surface area contributed by atoms with Crippen LogP contribution < -0.4 is 4.74 Å². The van der Waals surface area contributed by atoms with E-state index in [4.69, 9.17) is 15.3 Å². The van der Waals surface area contributed by atoms with Crippen molar-refractivity contribution >= 4 is 6.08 Å². The van der Waals surface area contributed by atoms with Gasteiger partial charge < -0.3 is 4.74 Å². The van der Waals surface area contributed by atoms with Crippen molar-refractivity contribution in [2.45, 2.75) is 20.3 Å². The molecule has 1 rings (SSSR count). The highest BCUT2D eigenvalue weighted by Gasteiger charge is 2.03. The molecule has 0 saturated heterocycles. The second-order valence-electron chi connectivity index (χ2n) is 3.67. The molecule has 0 N–H and O–H groups in total. The van der Waals surface area contributed by atoms with E-state index in [0.29, 0.717) is 12.4 Å². The van der Waals surface area contributed by atoms with E-state index in [2.05, 4.69) is 0 Å². The van der Waals surface area contributed by atoms with Gasteiger partial charge >= 0.3 is 0 Å². The van der Waals surface area contributed by atoms with E-state index in [9.17, 15) is 0 Å². The minimum Gasteiger partial charge on any atom is -0.493 e. The second kappa shape index (κ2) is 6.35. The smallest absolute Gasteiger partial charge is 0.130 e. The predicted octanol–water partition coefficient (Wildman–Crippen LogP) is 3.21. The molecular formula is C14H14N2O. The van der Waals surface area contributed by atoms with Gasteiger partial charge in [0.1, 0.15) is 23.5 Å². The molecule has 86 valence electrons. The highest BCUT2D eigenvalue weighted by atomic mass is 16.5. The van der Waals surface area contributed by atoms with E-state index in [1.165, 1.54) is 0 Å². The zero-order chi connectivity index (χ0) is 12.7. The molecule has 1 aromatic carbocycles. The van der Waals surface area contributed by atoms with Gasteiger partial charge in [-0.2, -0.15) is 10.5 Å². The third-order valence-electron chi connectivity index (χ3n) is 2.17. The lowest BCUT2D eigenvalue weighted by Crippen LogP contribution is -1.97. The number of hydrogen-bond donors (Lipinski definition) is 0. The standard InChI is InChI=1S/C14H14N2O/c1-3-6-17-14-5-4-11(2)7-13(14)8-12(9-15)10-16/h4-5,7-8H,3,6H2,1-2H3. The first-order valence-electron chi connectivity index (χ1n) is 5.46. The Morgan fingerprint density at radius 2 is 2.06 bits per heavy atom.